The Morgan fingerprint density at radius 3 is 2.79 bits per heavy atom. The molecule has 2 aromatic carbocycles. The Morgan fingerprint density at radius 1 is 1.11 bits per heavy atom. The number of likely N-dealkylation sites (tertiary alicyclic amines) is 1. The Hall–Kier alpha value is -2.66. The SMILES string of the molecule is O=C(c1cccc2[nH]cnc12)N1CC[C@](O)(c2ccccc2)[C@H]2CCCC[C@H]21. The summed E-state index contributed by atoms with van der Waals surface area (Å²) in [4.78, 5) is 23.0. The summed E-state index contributed by atoms with van der Waals surface area (Å²) < 4.78 is 0. The molecule has 1 aliphatic heterocycles. The molecule has 3 aromatic rings. The molecule has 1 aliphatic carbocycles. The molecular weight excluding hydrogens is 350 g/mol. The third-order valence-electron chi connectivity index (χ3n) is 6.69. The summed E-state index contributed by atoms with van der Waals surface area (Å²) in [5, 5.41) is 11.7. The average Bonchev–Trinajstić information content (AvgIpc) is 3.23. The molecule has 0 bridgehead atoms. The molecule has 1 amide bonds. The molecule has 0 unspecified atom stereocenters. The molecular formula is C23H25N3O2. The van der Waals surface area contributed by atoms with E-state index in [-0.39, 0.29) is 17.9 Å². The van der Waals surface area contributed by atoms with Crippen molar-refractivity contribution in [1.82, 2.24) is 14.9 Å². The molecule has 1 saturated carbocycles. The van der Waals surface area contributed by atoms with Crippen LogP contribution in [0, 0.1) is 5.92 Å². The number of hydrogen-bond acceptors (Lipinski definition) is 3. The highest BCUT2D eigenvalue weighted by Gasteiger charge is 2.50. The first-order valence-electron chi connectivity index (χ1n) is 10.2. The van der Waals surface area contributed by atoms with E-state index in [9.17, 15) is 9.90 Å². The van der Waals surface area contributed by atoms with Crippen molar-refractivity contribution in [1.29, 1.82) is 0 Å². The standard InChI is InChI=1S/C23H25N3O2/c27-22(17-9-6-11-19-21(17)25-15-24-19)26-14-13-23(28,16-7-2-1-3-8-16)18-10-4-5-12-20(18)26/h1-3,6-9,11,15,18,20,28H,4-5,10,12-14H2,(H,24,25)/t18-,20+,23-/m0/s1. The second-order valence-corrected chi connectivity index (χ2v) is 8.10. The second-order valence-electron chi connectivity index (χ2n) is 8.10. The van der Waals surface area contributed by atoms with Gasteiger partial charge < -0.3 is 15.0 Å². The first-order chi connectivity index (χ1) is 13.7. The number of piperidine rings is 1. The Kier molecular flexibility index (Phi) is 4.20. The van der Waals surface area contributed by atoms with Gasteiger partial charge in [0.15, 0.2) is 0 Å². The maximum absolute atomic E-state index is 13.5. The number of fused-ring (bicyclic) bond motifs is 2. The third kappa shape index (κ3) is 2.65. The quantitative estimate of drug-likeness (QED) is 0.715. The van der Waals surface area contributed by atoms with Crippen molar-refractivity contribution in [2.45, 2.75) is 43.7 Å². The fourth-order valence-corrected chi connectivity index (χ4v) is 5.31. The number of aromatic amines is 1. The van der Waals surface area contributed by atoms with E-state index < -0.39 is 5.60 Å². The number of carbonyl (C=O) groups excluding carboxylic acids is 1. The lowest BCUT2D eigenvalue weighted by atomic mass is 9.66. The van der Waals surface area contributed by atoms with Crippen LogP contribution in [-0.4, -0.2) is 38.5 Å². The summed E-state index contributed by atoms with van der Waals surface area (Å²) in [6, 6.07) is 15.8. The van der Waals surface area contributed by atoms with Crippen molar-refractivity contribution in [2.75, 3.05) is 6.54 Å². The number of carbonyl (C=O) groups is 1. The maximum atomic E-state index is 13.5. The highest BCUT2D eigenvalue weighted by molar-refractivity contribution is 6.05. The summed E-state index contributed by atoms with van der Waals surface area (Å²) in [6.45, 7) is 0.562. The minimum absolute atomic E-state index is 0.0321. The smallest absolute Gasteiger partial charge is 0.256 e. The first-order valence-corrected chi connectivity index (χ1v) is 10.2. The monoisotopic (exact) mass is 375 g/mol. The third-order valence-corrected chi connectivity index (χ3v) is 6.69. The van der Waals surface area contributed by atoms with Crippen LogP contribution in [0.3, 0.4) is 0 Å². The van der Waals surface area contributed by atoms with Gasteiger partial charge in [-0.2, -0.15) is 0 Å². The molecule has 5 heteroatoms. The fraction of sp³-hybridized carbons (Fsp3) is 0.391. The summed E-state index contributed by atoms with van der Waals surface area (Å²) in [6.07, 6.45) is 6.31. The van der Waals surface area contributed by atoms with Gasteiger partial charge >= 0.3 is 0 Å². The van der Waals surface area contributed by atoms with Gasteiger partial charge in [-0.05, 0) is 37.0 Å². The number of nitrogens with one attached hydrogen (secondary N) is 1. The van der Waals surface area contributed by atoms with Crippen LogP contribution in [-0.2, 0) is 5.60 Å². The van der Waals surface area contributed by atoms with Gasteiger partial charge in [0.2, 0.25) is 0 Å². The summed E-state index contributed by atoms with van der Waals surface area (Å²) in [7, 11) is 0. The molecule has 5 rings (SSSR count). The Bertz CT molecular complexity index is 999. The van der Waals surface area contributed by atoms with E-state index in [1.165, 1.54) is 0 Å². The number of H-pyrrole nitrogens is 1. The van der Waals surface area contributed by atoms with Gasteiger partial charge in [-0.15, -0.1) is 0 Å². The summed E-state index contributed by atoms with van der Waals surface area (Å²) in [5.41, 5.74) is 2.37. The van der Waals surface area contributed by atoms with Crippen LogP contribution in [0.25, 0.3) is 11.0 Å². The van der Waals surface area contributed by atoms with E-state index in [4.69, 9.17) is 0 Å². The zero-order valence-corrected chi connectivity index (χ0v) is 15.8. The van der Waals surface area contributed by atoms with Crippen molar-refractivity contribution < 1.29 is 9.90 Å². The molecule has 2 aliphatic rings. The van der Waals surface area contributed by atoms with Gasteiger partial charge in [0.05, 0.1) is 23.0 Å². The van der Waals surface area contributed by atoms with Crippen LogP contribution in [0.15, 0.2) is 54.9 Å². The highest BCUT2D eigenvalue weighted by atomic mass is 16.3. The van der Waals surface area contributed by atoms with Crippen LogP contribution < -0.4 is 0 Å². The van der Waals surface area contributed by atoms with Crippen LogP contribution in [0.4, 0.5) is 0 Å². The lowest BCUT2D eigenvalue weighted by Crippen LogP contribution is -2.59. The number of hydrogen-bond donors (Lipinski definition) is 2. The number of benzene rings is 2. The van der Waals surface area contributed by atoms with E-state index in [0.29, 0.717) is 18.5 Å². The maximum Gasteiger partial charge on any atom is 0.256 e. The topological polar surface area (TPSA) is 69.2 Å². The van der Waals surface area contributed by atoms with E-state index in [2.05, 4.69) is 9.97 Å². The number of nitrogens with zero attached hydrogens (tertiary/aromatic N) is 2. The van der Waals surface area contributed by atoms with Crippen molar-refractivity contribution in [3.63, 3.8) is 0 Å². The van der Waals surface area contributed by atoms with Crippen LogP contribution >= 0.6 is 0 Å². The molecule has 144 valence electrons. The molecule has 3 atom stereocenters. The molecule has 5 nitrogen and oxygen atoms in total. The minimum atomic E-state index is -0.860. The Labute approximate surface area is 164 Å². The Balaban J connectivity index is 1.51. The number of aliphatic hydroxyl groups is 1. The van der Waals surface area contributed by atoms with Gasteiger partial charge in [-0.3, -0.25) is 4.79 Å². The lowest BCUT2D eigenvalue weighted by molar-refractivity contribution is -0.110. The summed E-state index contributed by atoms with van der Waals surface area (Å²) in [5.74, 6) is 0.101. The van der Waals surface area contributed by atoms with Crippen LogP contribution in [0.2, 0.25) is 0 Å². The van der Waals surface area contributed by atoms with E-state index in [1.54, 1.807) is 6.33 Å². The van der Waals surface area contributed by atoms with E-state index in [1.807, 2.05) is 53.4 Å². The first kappa shape index (κ1) is 17.4. The number of para-hydroxylation sites is 1. The fourth-order valence-electron chi connectivity index (χ4n) is 5.31. The molecule has 2 heterocycles. The van der Waals surface area contributed by atoms with Crippen LogP contribution in [0.1, 0.15) is 48.0 Å². The predicted molar refractivity (Wildman–Crippen MR) is 108 cm³/mol. The van der Waals surface area contributed by atoms with Gasteiger partial charge in [-0.1, -0.05) is 49.2 Å². The molecule has 2 fully saturated rings. The lowest BCUT2D eigenvalue weighted by Gasteiger charge is -2.52. The largest absolute Gasteiger partial charge is 0.385 e. The second kappa shape index (κ2) is 6.74. The molecule has 0 spiro atoms. The number of amides is 1. The molecule has 0 radical (unpaired) electrons. The molecule has 2 N–H and O–H groups in total. The number of aromatic nitrogens is 2. The van der Waals surface area contributed by atoms with Crippen molar-refractivity contribution in [3.05, 3.63) is 66.0 Å². The number of imidazole rings is 1. The van der Waals surface area contributed by atoms with Gasteiger partial charge in [-0.25, -0.2) is 4.98 Å². The Morgan fingerprint density at radius 2 is 1.93 bits per heavy atom. The highest BCUT2D eigenvalue weighted by Crippen LogP contribution is 2.47. The molecule has 28 heavy (non-hydrogen) atoms. The summed E-state index contributed by atoms with van der Waals surface area (Å²) >= 11 is 0. The normalized spacial score (nSPS) is 27.5. The van der Waals surface area contributed by atoms with Gasteiger partial charge in [0, 0.05) is 18.5 Å². The zero-order chi connectivity index (χ0) is 19.1. The van der Waals surface area contributed by atoms with Crippen LogP contribution in [0.5, 0.6) is 0 Å². The van der Waals surface area contributed by atoms with Crippen molar-refractivity contribution >= 4 is 16.9 Å². The molecule has 1 aromatic heterocycles. The zero-order valence-electron chi connectivity index (χ0n) is 15.8. The molecule has 1 saturated heterocycles. The van der Waals surface area contributed by atoms with Crippen molar-refractivity contribution in [3.8, 4) is 0 Å². The van der Waals surface area contributed by atoms with E-state index in [0.717, 1.165) is 42.3 Å². The minimum Gasteiger partial charge on any atom is -0.385 e. The van der Waals surface area contributed by atoms with Gasteiger partial charge in [0.1, 0.15) is 5.52 Å². The van der Waals surface area contributed by atoms with Crippen molar-refractivity contribution in [2.24, 2.45) is 5.92 Å². The number of rotatable bonds is 2. The van der Waals surface area contributed by atoms with Gasteiger partial charge in [0.25, 0.3) is 5.91 Å². The average molecular weight is 375 g/mol. The predicted octanol–water partition coefficient (Wildman–Crippen LogP) is 3.86. The van der Waals surface area contributed by atoms with E-state index >= 15 is 0 Å².